The number of fused-ring (bicyclic) bond motifs is 1. The third-order valence-corrected chi connectivity index (χ3v) is 6.32. The van der Waals surface area contributed by atoms with Crippen molar-refractivity contribution in [2.75, 3.05) is 19.1 Å². The molecule has 0 aliphatic heterocycles. The van der Waals surface area contributed by atoms with Gasteiger partial charge in [0.15, 0.2) is 4.80 Å². The monoisotopic (exact) mass is 464 g/mol. The molecule has 0 saturated heterocycles. The van der Waals surface area contributed by atoms with Crippen molar-refractivity contribution in [1.82, 2.24) is 4.57 Å². The zero-order valence-electron chi connectivity index (χ0n) is 15.5. The number of thiazole rings is 1. The van der Waals surface area contributed by atoms with Gasteiger partial charge >= 0.3 is 0 Å². The first-order chi connectivity index (χ1) is 13.0. The van der Waals surface area contributed by atoms with E-state index in [1.165, 1.54) is 0 Å². The van der Waals surface area contributed by atoms with E-state index in [1.54, 1.807) is 30.2 Å². The van der Waals surface area contributed by atoms with Crippen LogP contribution >= 0.6 is 39.0 Å². The van der Waals surface area contributed by atoms with Gasteiger partial charge in [-0.1, -0.05) is 39.4 Å². The fraction of sp³-hybridized carbons (Fsp3) is 0.300. The van der Waals surface area contributed by atoms with E-state index >= 15 is 0 Å². The van der Waals surface area contributed by atoms with Crippen LogP contribution in [0.5, 0.6) is 5.75 Å². The van der Waals surface area contributed by atoms with Crippen molar-refractivity contribution in [1.29, 1.82) is 0 Å². The van der Waals surface area contributed by atoms with Crippen LogP contribution < -0.4 is 9.54 Å². The summed E-state index contributed by atoms with van der Waals surface area (Å²) in [4.78, 5) is 17.8. The van der Waals surface area contributed by atoms with Crippen LogP contribution in [0, 0.1) is 6.92 Å². The highest BCUT2D eigenvalue weighted by Crippen LogP contribution is 2.23. The lowest BCUT2D eigenvalue weighted by Crippen LogP contribution is -2.18. The van der Waals surface area contributed by atoms with Gasteiger partial charge < -0.3 is 9.30 Å². The zero-order chi connectivity index (χ0) is 19.4. The average molecular weight is 465 g/mol. The minimum Gasteiger partial charge on any atom is -0.496 e. The van der Waals surface area contributed by atoms with Crippen molar-refractivity contribution in [3.63, 3.8) is 0 Å². The van der Waals surface area contributed by atoms with E-state index < -0.39 is 0 Å². The molecule has 0 atom stereocenters. The highest BCUT2D eigenvalue weighted by molar-refractivity contribution is 9.10. The van der Waals surface area contributed by atoms with Gasteiger partial charge in [0.05, 0.1) is 23.7 Å². The van der Waals surface area contributed by atoms with Gasteiger partial charge in [-0.05, 0) is 48.6 Å². The highest BCUT2D eigenvalue weighted by atomic mass is 79.9. The molecule has 3 aromatic rings. The molecule has 27 heavy (non-hydrogen) atoms. The highest BCUT2D eigenvalue weighted by Gasteiger charge is 2.10. The summed E-state index contributed by atoms with van der Waals surface area (Å²) in [5.41, 5.74) is 3.08. The number of benzene rings is 2. The van der Waals surface area contributed by atoms with E-state index in [0.717, 1.165) is 48.7 Å². The maximum atomic E-state index is 12.6. The summed E-state index contributed by atoms with van der Waals surface area (Å²) in [6, 6.07) is 12.0. The molecule has 0 bridgehead atoms. The van der Waals surface area contributed by atoms with Crippen LogP contribution in [0.1, 0.15) is 11.1 Å². The number of thioether (sulfide) groups is 1. The van der Waals surface area contributed by atoms with Gasteiger partial charge in [-0.25, -0.2) is 0 Å². The number of hydrogen-bond acceptors (Lipinski definition) is 4. The molecule has 2 aromatic carbocycles. The molecule has 1 amide bonds. The number of nitrogens with zero attached hydrogens (tertiary/aromatic N) is 2. The van der Waals surface area contributed by atoms with Gasteiger partial charge in [-0.15, -0.1) is 0 Å². The largest absolute Gasteiger partial charge is 0.496 e. The molecule has 0 N–H and O–H groups in total. The van der Waals surface area contributed by atoms with E-state index in [-0.39, 0.29) is 12.3 Å². The Morgan fingerprint density at radius 2 is 2.11 bits per heavy atom. The Morgan fingerprint density at radius 3 is 2.81 bits per heavy atom. The first-order valence-corrected chi connectivity index (χ1v) is 11.5. The molecule has 0 unspecified atom stereocenters. The van der Waals surface area contributed by atoms with E-state index in [2.05, 4.69) is 43.9 Å². The van der Waals surface area contributed by atoms with E-state index in [9.17, 15) is 4.79 Å². The number of methoxy groups -OCH3 is 1. The molecule has 1 aromatic heterocycles. The summed E-state index contributed by atoms with van der Waals surface area (Å²) in [7, 11) is 1.65. The Morgan fingerprint density at radius 1 is 1.30 bits per heavy atom. The molecular weight excluding hydrogens is 444 g/mol. The van der Waals surface area contributed by atoms with Crippen LogP contribution in [0.15, 0.2) is 45.9 Å². The Hall–Kier alpha value is -1.57. The van der Waals surface area contributed by atoms with Gasteiger partial charge in [0.1, 0.15) is 5.75 Å². The topological polar surface area (TPSA) is 43.6 Å². The summed E-state index contributed by atoms with van der Waals surface area (Å²) in [6.07, 6.45) is 2.37. The van der Waals surface area contributed by atoms with Gasteiger partial charge in [0.25, 0.3) is 5.91 Å². The maximum Gasteiger partial charge on any atom is 0.252 e. The van der Waals surface area contributed by atoms with Crippen LogP contribution in [0.2, 0.25) is 0 Å². The van der Waals surface area contributed by atoms with Crippen LogP contribution in [0.3, 0.4) is 0 Å². The summed E-state index contributed by atoms with van der Waals surface area (Å²) in [5, 5.41) is 0. The lowest BCUT2D eigenvalue weighted by atomic mass is 10.1. The number of carbonyl (C=O) groups excluding carboxylic acids is 1. The van der Waals surface area contributed by atoms with Gasteiger partial charge in [-0.3, -0.25) is 4.79 Å². The zero-order valence-corrected chi connectivity index (χ0v) is 18.7. The predicted molar refractivity (Wildman–Crippen MR) is 118 cm³/mol. The molecule has 0 spiro atoms. The molecular formula is C20H21BrN2O2S2. The van der Waals surface area contributed by atoms with Crippen molar-refractivity contribution in [2.24, 2.45) is 4.99 Å². The quantitative estimate of drug-likeness (QED) is 0.525. The van der Waals surface area contributed by atoms with E-state index in [1.807, 2.05) is 31.2 Å². The van der Waals surface area contributed by atoms with E-state index in [0.29, 0.717) is 0 Å². The Labute approximate surface area is 175 Å². The summed E-state index contributed by atoms with van der Waals surface area (Å²) in [6.45, 7) is 2.81. The third kappa shape index (κ3) is 4.83. The molecule has 0 aliphatic carbocycles. The van der Waals surface area contributed by atoms with Gasteiger partial charge in [-0.2, -0.15) is 16.8 Å². The van der Waals surface area contributed by atoms with Crippen molar-refractivity contribution >= 4 is 55.2 Å². The standard InChI is InChI=1S/C20H21BrN2O2S2/c1-13-10-14(4-7-17(13)25-2)11-19(24)22-20-23(8-9-26-3)16-6-5-15(21)12-18(16)27-20/h4-7,10,12H,8-9,11H2,1-3H3. The number of hydrogen-bond donors (Lipinski definition) is 0. The molecule has 142 valence electrons. The normalized spacial score (nSPS) is 11.9. The molecule has 0 radical (unpaired) electrons. The predicted octanol–water partition coefficient (Wildman–Crippen LogP) is 4.82. The Kier molecular flexibility index (Phi) is 6.78. The van der Waals surface area contributed by atoms with Crippen LogP contribution in [0.25, 0.3) is 10.2 Å². The second-order valence-corrected chi connectivity index (χ2v) is 9.04. The number of aromatic nitrogens is 1. The molecule has 7 heteroatoms. The second-order valence-electron chi connectivity index (χ2n) is 6.13. The second kappa shape index (κ2) is 9.08. The average Bonchev–Trinajstić information content (AvgIpc) is 2.95. The Balaban J connectivity index is 1.93. The van der Waals surface area contributed by atoms with Crippen molar-refractivity contribution < 1.29 is 9.53 Å². The minimum absolute atomic E-state index is 0.136. The van der Waals surface area contributed by atoms with Crippen LogP contribution in [0.4, 0.5) is 0 Å². The van der Waals surface area contributed by atoms with Crippen molar-refractivity contribution in [2.45, 2.75) is 19.9 Å². The number of aryl methyl sites for hydroxylation is 2. The SMILES string of the molecule is COc1ccc(CC(=O)N=c2sc3cc(Br)ccc3n2CCSC)cc1C. The lowest BCUT2D eigenvalue weighted by molar-refractivity contribution is -0.117. The van der Waals surface area contributed by atoms with E-state index in [4.69, 9.17) is 4.74 Å². The number of halogens is 1. The maximum absolute atomic E-state index is 12.6. The molecule has 3 rings (SSSR count). The number of ether oxygens (including phenoxy) is 1. The van der Waals surface area contributed by atoms with Crippen molar-refractivity contribution in [3.05, 3.63) is 56.8 Å². The van der Waals surface area contributed by atoms with Crippen LogP contribution in [-0.4, -0.2) is 29.6 Å². The first kappa shape index (κ1) is 20.2. The smallest absolute Gasteiger partial charge is 0.252 e. The van der Waals surface area contributed by atoms with Gasteiger partial charge in [0, 0.05) is 16.8 Å². The van der Waals surface area contributed by atoms with Gasteiger partial charge in [0.2, 0.25) is 0 Å². The third-order valence-electron chi connectivity index (χ3n) is 4.20. The number of amides is 1. The Bertz CT molecular complexity index is 1040. The lowest BCUT2D eigenvalue weighted by Gasteiger charge is -2.06. The molecule has 0 aliphatic rings. The first-order valence-electron chi connectivity index (χ1n) is 8.50. The fourth-order valence-corrected chi connectivity index (χ4v) is 4.89. The summed E-state index contributed by atoms with van der Waals surface area (Å²) < 4.78 is 9.57. The number of rotatable bonds is 6. The summed E-state index contributed by atoms with van der Waals surface area (Å²) >= 11 is 6.85. The summed E-state index contributed by atoms with van der Waals surface area (Å²) in [5.74, 6) is 1.66. The van der Waals surface area contributed by atoms with Crippen LogP contribution in [-0.2, 0) is 17.8 Å². The number of carbonyl (C=O) groups is 1. The molecule has 4 nitrogen and oxygen atoms in total. The minimum atomic E-state index is -0.136. The molecule has 1 heterocycles. The molecule has 0 fully saturated rings. The fourth-order valence-electron chi connectivity index (χ4n) is 2.90. The van der Waals surface area contributed by atoms with Crippen molar-refractivity contribution in [3.8, 4) is 5.75 Å². The molecule has 0 saturated carbocycles.